The second-order valence-corrected chi connectivity index (χ2v) is 4.72. The van der Waals surface area contributed by atoms with Gasteiger partial charge in [-0.2, -0.15) is 5.10 Å². The summed E-state index contributed by atoms with van der Waals surface area (Å²) < 4.78 is 0. The van der Waals surface area contributed by atoms with Crippen LogP contribution in [0.5, 0.6) is 11.5 Å². The largest absolute Gasteiger partial charge is 0.507 e. The Labute approximate surface area is 122 Å². The van der Waals surface area contributed by atoms with E-state index in [4.69, 9.17) is 0 Å². The molecule has 0 saturated carbocycles. The van der Waals surface area contributed by atoms with E-state index in [-0.39, 0.29) is 17.1 Å². The molecule has 0 bridgehead atoms. The number of phenols is 2. The van der Waals surface area contributed by atoms with Crippen molar-refractivity contribution >= 4 is 12.1 Å². The quantitative estimate of drug-likeness (QED) is 0.598. The van der Waals surface area contributed by atoms with Gasteiger partial charge in [0.2, 0.25) is 0 Å². The average Bonchev–Trinajstić information content (AvgIpc) is 2.45. The molecule has 5 heteroatoms. The van der Waals surface area contributed by atoms with Gasteiger partial charge in [0.25, 0.3) is 5.91 Å². The van der Waals surface area contributed by atoms with Gasteiger partial charge in [-0.15, -0.1) is 0 Å². The van der Waals surface area contributed by atoms with Crippen molar-refractivity contribution in [2.45, 2.75) is 13.8 Å². The molecule has 5 nitrogen and oxygen atoms in total. The Bertz CT molecular complexity index is 685. The molecule has 0 aliphatic carbocycles. The molecule has 0 heterocycles. The molecule has 0 unspecified atom stereocenters. The van der Waals surface area contributed by atoms with E-state index in [9.17, 15) is 15.0 Å². The van der Waals surface area contributed by atoms with E-state index in [0.29, 0.717) is 0 Å². The van der Waals surface area contributed by atoms with Gasteiger partial charge in [0.05, 0.1) is 11.8 Å². The standard InChI is InChI=1S/C16H16N2O3/c1-10-7-12(8-11(2)15(10)20)9-17-18-16(21)13-5-3-4-6-14(13)19/h3-9,19-20H,1-2H3,(H,18,21). The predicted octanol–water partition coefficient (Wildman–Crippen LogP) is 2.48. The molecule has 0 saturated heterocycles. The normalized spacial score (nSPS) is 10.8. The number of aryl methyl sites for hydroxylation is 2. The zero-order chi connectivity index (χ0) is 15.4. The van der Waals surface area contributed by atoms with Crippen LogP contribution in [0.25, 0.3) is 0 Å². The maximum absolute atomic E-state index is 11.8. The van der Waals surface area contributed by atoms with E-state index in [2.05, 4.69) is 10.5 Å². The lowest BCUT2D eigenvalue weighted by atomic mass is 10.1. The molecule has 0 aliphatic rings. The second-order valence-electron chi connectivity index (χ2n) is 4.72. The van der Waals surface area contributed by atoms with Gasteiger partial charge in [-0.05, 0) is 54.8 Å². The smallest absolute Gasteiger partial charge is 0.275 e. The molecular formula is C16H16N2O3. The summed E-state index contributed by atoms with van der Waals surface area (Å²) in [5.41, 5.74) is 4.75. The molecule has 0 atom stereocenters. The molecule has 0 fully saturated rings. The van der Waals surface area contributed by atoms with Gasteiger partial charge in [0, 0.05) is 0 Å². The van der Waals surface area contributed by atoms with Crippen molar-refractivity contribution in [3.8, 4) is 11.5 Å². The van der Waals surface area contributed by atoms with Crippen molar-refractivity contribution in [2.75, 3.05) is 0 Å². The van der Waals surface area contributed by atoms with Crippen LogP contribution in [0.3, 0.4) is 0 Å². The van der Waals surface area contributed by atoms with Crippen LogP contribution in [0.1, 0.15) is 27.0 Å². The molecule has 21 heavy (non-hydrogen) atoms. The van der Waals surface area contributed by atoms with Crippen LogP contribution in [-0.2, 0) is 0 Å². The first-order valence-corrected chi connectivity index (χ1v) is 6.40. The first-order chi connectivity index (χ1) is 9.99. The summed E-state index contributed by atoms with van der Waals surface area (Å²) in [5, 5.41) is 23.1. The number of phenolic OH excluding ortho intramolecular Hbond substituents is 2. The fourth-order valence-electron chi connectivity index (χ4n) is 1.96. The van der Waals surface area contributed by atoms with Crippen molar-refractivity contribution in [3.05, 3.63) is 58.7 Å². The zero-order valence-electron chi connectivity index (χ0n) is 11.8. The SMILES string of the molecule is Cc1cc(C=NNC(=O)c2ccccc2O)cc(C)c1O. The lowest BCUT2D eigenvalue weighted by Crippen LogP contribution is -2.17. The van der Waals surface area contributed by atoms with Crippen LogP contribution in [0, 0.1) is 13.8 Å². The third kappa shape index (κ3) is 3.39. The first kappa shape index (κ1) is 14.6. The molecular weight excluding hydrogens is 268 g/mol. The Morgan fingerprint density at radius 3 is 2.38 bits per heavy atom. The molecule has 2 aromatic rings. The number of carbonyl (C=O) groups is 1. The van der Waals surface area contributed by atoms with Crippen LogP contribution in [0.15, 0.2) is 41.5 Å². The molecule has 2 rings (SSSR count). The molecule has 3 N–H and O–H groups in total. The third-order valence-corrected chi connectivity index (χ3v) is 3.04. The van der Waals surface area contributed by atoms with Crippen LogP contribution < -0.4 is 5.43 Å². The highest BCUT2D eigenvalue weighted by atomic mass is 16.3. The van der Waals surface area contributed by atoms with Gasteiger partial charge in [-0.25, -0.2) is 5.43 Å². The Morgan fingerprint density at radius 2 is 1.76 bits per heavy atom. The second kappa shape index (κ2) is 6.09. The number of nitrogens with one attached hydrogen (secondary N) is 1. The summed E-state index contributed by atoms with van der Waals surface area (Å²) in [7, 11) is 0. The van der Waals surface area contributed by atoms with Crippen molar-refractivity contribution in [3.63, 3.8) is 0 Å². The molecule has 0 radical (unpaired) electrons. The number of nitrogens with zero attached hydrogens (tertiary/aromatic N) is 1. The molecule has 0 aromatic heterocycles. The fraction of sp³-hybridized carbons (Fsp3) is 0.125. The van der Waals surface area contributed by atoms with Crippen LogP contribution in [-0.4, -0.2) is 22.3 Å². The van der Waals surface area contributed by atoms with E-state index in [1.807, 2.05) is 0 Å². The highest BCUT2D eigenvalue weighted by Gasteiger charge is 2.08. The Morgan fingerprint density at radius 1 is 1.14 bits per heavy atom. The minimum atomic E-state index is -0.489. The van der Waals surface area contributed by atoms with Crippen molar-refractivity contribution in [1.82, 2.24) is 5.43 Å². The summed E-state index contributed by atoms with van der Waals surface area (Å²) in [6.07, 6.45) is 1.48. The minimum Gasteiger partial charge on any atom is -0.507 e. The highest BCUT2D eigenvalue weighted by Crippen LogP contribution is 2.22. The molecule has 0 spiro atoms. The summed E-state index contributed by atoms with van der Waals surface area (Å²) in [4.78, 5) is 11.8. The lowest BCUT2D eigenvalue weighted by Gasteiger charge is -2.05. The van der Waals surface area contributed by atoms with E-state index in [1.54, 1.807) is 38.1 Å². The van der Waals surface area contributed by atoms with Crippen LogP contribution in [0.4, 0.5) is 0 Å². The number of rotatable bonds is 3. The third-order valence-electron chi connectivity index (χ3n) is 3.04. The summed E-state index contributed by atoms with van der Waals surface area (Å²) in [6, 6.07) is 9.76. The van der Waals surface area contributed by atoms with Gasteiger partial charge >= 0.3 is 0 Å². The molecule has 0 aliphatic heterocycles. The van der Waals surface area contributed by atoms with Gasteiger partial charge in [0.1, 0.15) is 11.5 Å². The number of carbonyl (C=O) groups excluding carboxylic acids is 1. The number of hydrogen-bond acceptors (Lipinski definition) is 4. The predicted molar refractivity (Wildman–Crippen MR) is 80.7 cm³/mol. The van der Waals surface area contributed by atoms with Crippen LogP contribution >= 0.6 is 0 Å². The van der Waals surface area contributed by atoms with Gasteiger partial charge in [0.15, 0.2) is 0 Å². The van der Waals surface area contributed by atoms with Gasteiger partial charge in [-0.3, -0.25) is 4.79 Å². The Kier molecular flexibility index (Phi) is 4.23. The van der Waals surface area contributed by atoms with Crippen molar-refractivity contribution in [1.29, 1.82) is 0 Å². The summed E-state index contributed by atoms with van der Waals surface area (Å²) in [5.74, 6) is -0.330. The monoisotopic (exact) mass is 284 g/mol. The number of aromatic hydroxyl groups is 2. The lowest BCUT2D eigenvalue weighted by molar-refractivity contribution is 0.0952. The number of para-hydroxylation sites is 1. The summed E-state index contributed by atoms with van der Waals surface area (Å²) in [6.45, 7) is 3.58. The highest BCUT2D eigenvalue weighted by molar-refractivity contribution is 5.97. The molecule has 1 amide bonds. The zero-order valence-corrected chi connectivity index (χ0v) is 11.8. The molecule has 108 valence electrons. The Balaban J connectivity index is 2.10. The fourth-order valence-corrected chi connectivity index (χ4v) is 1.96. The number of hydrogen-bond donors (Lipinski definition) is 3. The maximum Gasteiger partial charge on any atom is 0.275 e. The van der Waals surface area contributed by atoms with Crippen LogP contribution in [0.2, 0.25) is 0 Å². The van der Waals surface area contributed by atoms with E-state index < -0.39 is 5.91 Å². The molecule has 2 aromatic carbocycles. The number of amides is 1. The number of hydrazone groups is 1. The topological polar surface area (TPSA) is 81.9 Å². The van der Waals surface area contributed by atoms with Gasteiger partial charge in [-0.1, -0.05) is 12.1 Å². The summed E-state index contributed by atoms with van der Waals surface area (Å²) >= 11 is 0. The van der Waals surface area contributed by atoms with E-state index >= 15 is 0 Å². The Hall–Kier alpha value is -2.82. The maximum atomic E-state index is 11.8. The van der Waals surface area contributed by atoms with E-state index in [1.165, 1.54) is 18.3 Å². The first-order valence-electron chi connectivity index (χ1n) is 6.40. The van der Waals surface area contributed by atoms with Crippen molar-refractivity contribution < 1.29 is 15.0 Å². The van der Waals surface area contributed by atoms with Crippen molar-refractivity contribution in [2.24, 2.45) is 5.10 Å². The van der Waals surface area contributed by atoms with E-state index in [0.717, 1.165) is 16.7 Å². The minimum absolute atomic E-state index is 0.0958. The number of benzene rings is 2. The van der Waals surface area contributed by atoms with Gasteiger partial charge < -0.3 is 10.2 Å². The average molecular weight is 284 g/mol.